The maximum Gasteiger partial charge on any atom is 0.232 e. The number of pyridine rings is 1. The summed E-state index contributed by atoms with van der Waals surface area (Å²) < 4.78 is 25.5. The van der Waals surface area contributed by atoms with Gasteiger partial charge in [0.25, 0.3) is 0 Å². The first kappa shape index (κ1) is 19.9. The number of benzene rings is 1. The largest absolute Gasteiger partial charge is 0.352 e. The van der Waals surface area contributed by atoms with Gasteiger partial charge in [-0.05, 0) is 41.3 Å². The van der Waals surface area contributed by atoms with E-state index in [0.717, 1.165) is 17.4 Å². The van der Waals surface area contributed by atoms with E-state index in [9.17, 15) is 13.2 Å². The number of anilines is 1. The molecule has 0 saturated heterocycles. The van der Waals surface area contributed by atoms with E-state index >= 15 is 0 Å². The lowest BCUT2D eigenvalue weighted by molar-refractivity contribution is -0.121. The van der Waals surface area contributed by atoms with Gasteiger partial charge in [0.15, 0.2) is 0 Å². The van der Waals surface area contributed by atoms with Crippen molar-refractivity contribution in [2.24, 2.45) is 0 Å². The highest BCUT2D eigenvalue weighted by atomic mass is 32.2. The van der Waals surface area contributed by atoms with E-state index in [4.69, 9.17) is 0 Å². The average Bonchev–Trinajstić information content (AvgIpc) is 2.60. The van der Waals surface area contributed by atoms with Crippen LogP contribution in [0.3, 0.4) is 0 Å². The molecule has 1 aromatic heterocycles. The smallest absolute Gasteiger partial charge is 0.232 e. The molecule has 0 radical (unpaired) electrons. The van der Waals surface area contributed by atoms with Gasteiger partial charge in [-0.2, -0.15) is 0 Å². The molecule has 140 valence electrons. The summed E-state index contributed by atoms with van der Waals surface area (Å²) >= 11 is 0. The number of nitrogens with one attached hydrogen (secondary N) is 1. The normalized spacial score (nSPS) is 11.4. The van der Waals surface area contributed by atoms with Crippen LogP contribution in [0.1, 0.15) is 37.3 Å². The predicted molar refractivity (Wildman–Crippen MR) is 103 cm³/mol. The van der Waals surface area contributed by atoms with Crippen molar-refractivity contribution < 1.29 is 13.2 Å². The van der Waals surface area contributed by atoms with Crippen LogP contribution in [0.4, 0.5) is 5.69 Å². The quantitative estimate of drug-likeness (QED) is 0.769. The number of amides is 1. The lowest BCUT2D eigenvalue weighted by Gasteiger charge is -2.22. The average molecular weight is 375 g/mol. The van der Waals surface area contributed by atoms with E-state index in [1.54, 1.807) is 24.5 Å². The third-order valence-electron chi connectivity index (χ3n) is 4.03. The Kier molecular flexibility index (Phi) is 6.74. The fraction of sp³-hybridized carbons (Fsp3) is 0.368. The van der Waals surface area contributed by atoms with Gasteiger partial charge in [0.1, 0.15) is 0 Å². The Balaban J connectivity index is 1.99. The molecule has 7 heteroatoms. The summed E-state index contributed by atoms with van der Waals surface area (Å²) in [4.78, 5) is 16.0. The number of nitrogens with zero attached hydrogens (tertiary/aromatic N) is 2. The Morgan fingerprint density at radius 2 is 1.73 bits per heavy atom. The van der Waals surface area contributed by atoms with Gasteiger partial charge in [-0.25, -0.2) is 8.42 Å². The van der Waals surface area contributed by atoms with Gasteiger partial charge in [-0.15, -0.1) is 0 Å². The highest BCUT2D eigenvalue weighted by molar-refractivity contribution is 7.92. The standard InChI is InChI=1S/C19H25N3O3S/c1-15(2)17-4-6-18(7-5-17)22(26(3,24)25)13-10-19(23)21-14-16-8-11-20-12-9-16/h4-9,11-12,15H,10,13-14H2,1-3H3,(H,21,23). The molecule has 0 fully saturated rings. The summed E-state index contributed by atoms with van der Waals surface area (Å²) in [6.07, 6.45) is 4.56. The van der Waals surface area contributed by atoms with Crippen molar-refractivity contribution in [3.05, 3.63) is 59.9 Å². The Hall–Kier alpha value is -2.41. The molecule has 0 spiro atoms. The Labute approximate surface area is 155 Å². The summed E-state index contributed by atoms with van der Waals surface area (Å²) in [5.41, 5.74) is 2.65. The molecule has 2 aromatic rings. The molecule has 0 unspecified atom stereocenters. The van der Waals surface area contributed by atoms with Gasteiger partial charge in [0.05, 0.1) is 11.9 Å². The number of aromatic nitrogens is 1. The van der Waals surface area contributed by atoms with Crippen molar-refractivity contribution in [3.63, 3.8) is 0 Å². The molecule has 0 aliphatic carbocycles. The molecule has 0 aliphatic rings. The topological polar surface area (TPSA) is 79.4 Å². The van der Waals surface area contributed by atoms with Crippen LogP contribution in [0.5, 0.6) is 0 Å². The summed E-state index contributed by atoms with van der Waals surface area (Å²) in [5, 5.41) is 2.79. The molecule has 0 saturated carbocycles. The van der Waals surface area contributed by atoms with Gasteiger partial charge in [0, 0.05) is 31.9 Å². The molecule has 1 N–H and O–H groups in total. The third-order valence-corrected chi connectivity index (χ3v) is 5.22. The molecule has 1 heterocycles. The van der Waals surface area contributed by atoms with Crippen molar-refractivity contribution >= 4 is 21.6 Å². The van der Waals surface area contributed by atoms with E-state index < -0.39 is 10.0 Å². The Morgan fingerprint density at radius 1 is 1.12 bits per heavy atom. The number of carbonyl (C=O) groups is 1. The van der Waals surface area contributed by atoms with Crippen molar-refractivity contribution in [1.29, 1.82) is 0 Å². The Morgan fingerprint density at radius 3 is 2.27 bits per heavy atom. The van der Waals surface area contributed by atoms with E-state index in [2.05, 4.69) is 24.1 Å². The fourth-order valence-corrected chi connectivity index (χ4v) is 3.43. The molecular formula is C19H25N3O3S. The molecule has 2 rings (SSSR count). The van der Waals surface area contributed by atoms with Crippen LogP contribution in [-0.4, -0.2) is 32.1 Å². The van der Waals surface area contributed by atoms with Crippen LogP contribution in [0.2, 0.25) is 0 Å². The van der Waals surface area contributed by atoms with Crippen LogP contribution in [0, 0.1) is 0 Å². The zero-order valence-corrected chi connectivity index (χ0v) is 16.2. The maximum absolute atomic E-state index is 12.1. The number of rotatable bonds is 8. The minimum atomic E-state index is -3.47. The van der Waals surface area contributed by atoms with Gasteiger partial charge < -0.3 is 5.32 Å². The van der Waals surface area contributed by atoms with Gasteiger partial charge in [-0.1, -0.05) is 26.0 Å². The summed E-state index contributed by atoms with van der Waals surface area (Å²) in [6.45, 7) is 4.65. The van der Waals surface area contributed by atoms with Crippen molar-refractivity contribution in [1.82, 2.24) is 10.3 Å². The van der Waals surface area contributed by atoms with Crippen molar-refractivity contribution in [2.45, 2.75) is 32.7 Å². The monoisotopic (exact) mass is 375 g/mol. The van der Waals surface area contributed by atoms with Crippen LogP contribution in [0.15, 0.2) is 48.8 Å². The summed E-state index contributed by atoms with van der Waals surface area (Å²) in [6, 6.07) is 11.0. The molecule has 6 nitrogen and oxygen atoms in total. The van der Waals surface area contributed by atoms with Gasteiger partial charge in [0.2, 0.25) is 15.9 Å². The number of sulfonamides is 1. The number of hydrogen-bond donors (Lipinski definition) is 1. The molecule has 1 aromatic carbocycles. The van der Waals surface area contributed by atoms with Gasteiger partial charge in [-0.3, -0.25) is 14.1 Å². The second-order valence-corrected chi connectivity index (χ2v) is 8.37. The first-order valence-electron chi connectivity index (χ1n) is 8.50. The highest BCUT2D eigenvalue weighted by Gasteiger charge is 2.18. The highest BCUT2D eigenvalue weighted by Crippen LogP contribution is 2.22. The number of carbonyl (C=O) groups excluding carboxylic acids is 1. The van der Waals surface area contributed by atoms with E-state index in [-0.39, 0.29) is 18.9 Å². The lowest BCUT2D eigenvalue weighted by Crippen LogP contribution is -2.34. The zero-order valence-electron chi connectivity index (χ0n) is 15.3. The molecule has 0 atom stereocenters. The fourth-order valence-electron chi connectivity index (χ4n) is 2.50. The Bertz CT molecular complexity index is 819. The first-order valence-corrected chi connectivity index (χ1v) is 10.4. The van der Waals surface area contributed by atoms with Crippen LogP contribution in [0.25, 0.3) is 0 Å². The lowest BCUT2D eigenvalue weighted by atomic mass is 10.0. The molecular weight excluding hydrogens is 350 g/mol. The van der Waals surface area contributed by atoms with Crippen LogP contribution in [-0.2, 0) is 21.4 Å². The van der Waals surface area contributed by atoms with Crippen molar-refractivity contribution in [3.8, 4) is 0 Å². The molecule has 26 heavy (non-hydrogen) atoms. The minimum Gasteiger partial charge on any atom is -0.352 e. The summed E-state index contributed by atoms with van der Waals surface area (Å²) in [7, 11) is -3.47. The maximum atomic E-state index is 12.1. The third kappa shape index (κ3) is 5.84. The van der Waals surface area contributed by atoms with Crippen LogP contribution >= 0.6 is 0 Å². The van der Waals surface area contributed by atoms with Crippen molar-refractivity contribution in [2.75, 3.05) is 17.1 Å². The molecule has 1 amide bonds. The van der Waals surface area contributed by atoms with E-state index in [1.807, 2.05) is 24.3 Å². The van der Waals surface area contributed by atoms with E-state index in [1.165, 1.54) is 4.31 Å². The SMILES string of the molecule is CC(C)c1ccc(N(CCC(=O)NCc2ccncc2)S(C)(=O)=O)cc1. The minimum absolute atomic E-state index is 0.0874. The molecule has 0 aliphatic heterocycles. The second kappa shape index (κ2) is 8.80. The van der Waals surface area contributed by atoms with E-state index in [0.29, 0.717) is 18.2 Å². The second-order valence-electron chi connectivity index (χ2n) is 6.46. The summed E-state index contributed by atoms with van der Waals surface area (Å²) in [5.74, 6) is 0.170. The predicted octanol–water partition coefficient (Wildman–Crippen LogP) is 2.68. The van der Waals surface area contributed by atoms with Crippen LogP contribution < -0.4 is 9.62 Å². The molecule has 0 bridgehead atoms. The van der Waals surface area contributed by atoms with Gasteiger partial charge >= 0.3 is 0 Å². The zero-order chi connectivity index (χ0) is 19.2. The number of hydrogen-bond acceptors (Lipinski definition) is 4. The first-order chi connectivity index (χ1) is 12.3.